The van der Waals surface area contributed by atoms with Crippen LogP contribution in [0.4, 0.5) is 9.18 Å². The van der Waals surface area contributed by atoms with Crippen LogP contribution in [0.5, 0.6) is 5.75 Å². The zero-order chi connectivity index (χ0) is 40.8. The molecule has 2 atom stereocenters. The van der Waals surface area contributed by atoms with Crippen molar-refractivity contribution in [2.24, 2.45) is 5.92 Å². The van der Waals surface area contributed by atoms with Crippen molar-refractivity contribution < 1.29 is 28.2 Å². The van der Waals surface area contributed by atoms with Crippen LogP contribution in [0.2, 0.25) is 0 Å². The molecule has 1 saturated heterocycles. The highest BCUT2D eigenvalue weighted by Crippen LogP contribution is 2.48. The number of methoxy groups -OCH3 is 1. The molecule has 6 heterocycles. The number of amides is 3. The van der Waals surface area contributed by atoms with Crippen LogP contribution in [0.3, 0.4) is 0 Å². The lowest BCUT2D eigenvalue weighted by Gasteiger charge is -2.30. The van der Waals surface area contributed by atoms with E-state index in [1.807, 2.05) is 36.2 Å². The van der Waals surface area contributed by atoms with Crippen molar-refractivity contribution in [3.05, 3.63) is 88.1 Å². The fourth-order valence-corrected chi connectivity index (χ4v) is 9.41. The van der Waals surface area contributed by atoms with Gasteiger partial charge in [-0.05, 0) is 94.5 Å². The van der Waals surface area contributed by atoms with E-state index in [-0.39, 0.29) is 37.5 Å². The Bertz CT molecular complexity index is 2550. The van der Waals surface area contributed by atoms with Crippen molar-refractivity contribution in [1.29, 1.82) is 0 Å². The Morgan fingerprint density at radius 1 is 1.02 bits per heavy atom. The third-order valence-electron chi connectivity index (χ3n) is 11.4. The second kappa shape index (κ2) is 16.0. The molecule has 16 heteroatoms. The molecule has 3 amide bonds. The molecule has 2 unspecified atom stereocenters. The molecule has 0 spiro atoms. The molecular weight excluding hydrogens is 774 g/mol. The Hall–Kier alpha value is -6.00. The van der Waals surface area contributed by atoms with Crippen LogP contribution in [0, 0.1) is 11.7 Å². The van der Waals surface area contributed by atoms with Gasteiger partial charge in [0.05, 0.1) is 71.7 Å². The molecule has 1 saturated carbocycles. The maximum Gasteiger partial charge on any atom is 0.407 e. The number of ether oxygens (including phenoxy) is 2. The molecule has 6 aromatic rings. The second-order valence-electron chi connectivity index (χ2n) is 15.4. The third kappa shape index (κ3) is 7.58. The summed E-state index contributed by atoms with van der Waals surface area (Å²) >= 11 is 1.74. The van der Waals surface area contributed by atoms with Gasteiger partial charge in [0, 0.05) is 34.5 Å². The molecule has 2 aliphatic heterocycles. The molecule has 306 valence electrons. The Balaban J connectivity index is 1.04. The van der Waals surface area contributed by atoms with Crippen molar-refractivity contribution in [2.45, 2.75) is 57.8 Å². The number of nitrogens with one attached hydrogen (secondary N) is 4. The zero-order valence-electron chi connectivity index (χ0n) is 33.1. The maximum atomic E-state index is 16.6. The largest absolute Gasteiger partial charge is 0.464 e. The number of carbonyl (C=O) groups excluding carboxylic acids is 3. The number of aromatic amines is 2. The van der Waals surface area contributed by atoms with Crippen molar-refractivity contribution in [3.8, 4) is 39.5 Å². The number of likely N-dealkylation sites (N-methyl/N-ethyl adjacent to an activating group) is 2. The number of likely N-dealkylation sites (tertiary alicyclic amines) is 1. The van der Waals surface area contributed by atoms with Gasteiger partial charge >= 0.3 is 6.09 Å². The normalized spacial score (nSPS) is 17.1. The summed E-state index contributed by atoms with van der Waals surface area (Å²) in [6.07, 6.45) is 7.57. The van der Waals surface area contributed by atoms with Gasteiger partial charge in [0.1, 0.15) is 29.8 Å². The third-order valence-corrected chi connectivity index (χ3v) is 12.6. The molecule has 0 radical (unpaired) electrons. The summed E-state index contributed by atoms with van der Waals surface area (Å²) in [6.45, 7) is 3.18. The summed E-state index contributed by atoms with van der Waals surface area (Å²) in [6, 6.07) is 15.8. The lowest BCUT2D eigenvalue weighted by Crippen LogP contribution is -2.39. The van der Waals surface area contributed by atoms with Gasteiger partial charge in [-0.25, -0.2) is 19.2 Å². The van der Waals surface area contributed by atoms with Crippen molar-refractivity contribution >= 4 is 40.1 Å². The Labute approximate surface area is 344 Å². The average Bonchev–Trinajstić information content (AvgIpc) is 3.84. The number of halogens is 1. The van der Waals surface area contributed by atoms with Crippen LogP contribution >= 0.6 is 11.3 Å². The van der Waals surface area contributed by atoms with Crippen LogP contribution in [0.1, 0.15) is 66.3 Å². The number of thiophene rings is 1. The van der Waals surface area contributed by atoms with Gasteiger partial charge < -0.3 is 39.9 Å². The molecule has 2 fully saturated rings. The van der Waals surface area contributed by atoms with Crippen LogP contribution in [0.15, 0.2) is 60.9 Å². The number of rotatable bonds is 13. The first-order valence-corrected chi connectivity index (χ1v) is 20.9. The summed E-state index contributed by atoms with van der Waals surface area (Å²) in [5, 5.41) is 6.31. The van der Waals surface area contributed by atoms with Gasteiger partial charge in [-0.2, -0.15) is 0 Å². The topological polar surface area (TPSA) is 162 Å². The molecule has 4 N–H and O–H groups in total. The highest BCUT2D eigenvalue weighted by molar-refractivity contribution is 7.12. The summed E-state index contributed by atoms with van der Waals surface area (Å²) in [5.74, 6) is 1.75. The van der Waals surface area contributed by atoms with Crippen molar-refractivity contribution in [2.75, 3.05) is 40.3 Å². The number of hydrogen-bond acceptors (Lipinski definition) is 9. The fourth-order valence-electron chi connectivity index (χ4n) is 8.26. The minimum Gasteiger partial charge on any atom is -0.464 e. The summed E-state index contributed by atoms with van der Waals surface area (Å²) in [5.41, 5.74) is 4.89. The quantitative estimate of drug-likeness (QED) is 0.0993. The first kappa shape index (κ1) is 38.5. The van der Waals surface area contributed by atoms with Gasteiger partial charge in [0.15, 0.2) is 0 Å². The maximum absolute atomic E-state index is 16.6. The van der Waals surface area contributed by atoms with E-state index in [1.54, 1.807) is 29.5 Å². The van der Waals surface area contributed by atoms with Crippen molar-refractivity contribution in [1.82, 2.24) is 44.9 Å². The first-order valence-electron chi connectivity index (χ1n) is 20.1. The van der Waals surface area contributed by atoms with E-state index in [9.17, 15) is 14.4 Å². The smallest absolute Gasteiger partial charge is 0.407 e. The summed E-state index contributed by atoms with van der Waals surface area (Å²) < 4.78 is 30.1. The minimum absolute atomic E-state index is 0.0596. The Morgan fingerprint density at radius 2 is 1.85 bits per heavy atom. The van der Waals surface area contributed by atoms with Crippen LogP contribution in [-0.4, -0.2) is 92.5 Å². The molecular formula is C43H46FN9O5S. The number of carbonyl (C=O) groups is 3. The number of alkyl carbamates (subject to hydrolysis) is 1. The summed E-state index contributed by atoms with van der Waals surface area (Å²) in [7, 11) is 3.01. The fraction of sp³-hybridized carbons (Fsp3) is 0.372. The number of fused-ring (bicyclic) bond motifs is 5. The SMILES string of the molecule is CCN(Cc1ncc(-c2cc(F)c3c(c2)OC(c2ccc(CC4CC4)s2)n2c-3cc3cc(-c4cnc(C5CCCN5C(=O)CNC)[nH]4)ccc32)[nH]1)C(=O)CNC(=O)OC. The van der Waals surface area contributed by atoms with Crippen molar-refractivity contribution in [3.63, 3.8) is 0 Å². The number of hydrogen-bond donors (Lipinski definition) is 4. The zero-order valence-corrected chi connectivity index (χ0v) is 34.0. The predicted molar refractivity (Wildman–Crippen MR) is 221 cm³/mol. The average molecular weight is 820 g/mol. The van der Waals surface area contributed by atoms with E-state index in [0.717, 1.165) is 58.0 Å². The van der Waals surface area contributed by atoms with E-state index in [1.165, 1.54) is 30.9 Å². The molecule has 3 aliphatic rings. The lowest BCUT2D eigenvalue weighted by atomic mass is 10.0. The Morgan fingerprint density at radius 3 is 2.64 bits per heavy atom. The standard InChI is InChI=1S/C43H46FN9O5S/c1-4-51(38(54)22-48-43(56)57-3)23-37-46-19-31(49-37)26-16-29(44)40-34-17-27-15-25(30-20-47-41(50-30)33-6-5-13-52(33)39(55)21-45-2)9-11-32(27)53(34)42(58-35(40)18-26)36-12-10-28(59-36)14-24-7-8-24/h9-12,15-20,24,33,42,45H,4-8,13-14,21-23H2,1-3H3,(H,46,49)(H,47,50)(H,48,56). The lowest BCUT2D eigenvalue weighted by molar-refractivity contribution is -0.131. The van der Waals surface area contributed by atoms with Crippen LogP contribution in [0.25, 0.3) is 44.7 Å². The van der Waals surface area contributed by atoms with Crippen LogP contribution in [-0.2, 0) is 27.3 Å². The number of benzene rings is 2. The second-order valence-corrected chi connectivity index (χ2v) is 16.6. The molecule has 4 aromatic heterocycles. The van der Waals surface area contributed by atoms with Gasteiger partial charge in [-0.1, -0.05) is 6.07 Å². The van der Waals surface area contributed by atoms with E-state index < -0.39 is 18.1 Å². The Kier molecular flexibility index (Phi) is 10.4. The van der Waals surface area contributed by atoms with Gasteiger partial charge in [-0.15, -0.1) is 11.3 Å². The molecule has 14 nitrogen and oxygen atoms in total. The first-order chi connectivity index (χ1) is 28.7. The number of aromatic nitrogens is 5. The number of imidazole rings is 2. The predicted octanol–water partition coefficient (Wildman–Crippen LogP) is 6.77. The van der Waals surface area contributed by atoms with E-state index in [2.05, 4.69) is 59.2 Å². The summed E-state index contributed by atoms with van der Waals surface area (Å²) in [4.78, 5) is 58.8. The molecule has 9 rings (SSSR count). The van der Waals surface area contributed by atoms with E-state index in [0.29, 0.717) is 47.2 Å². The van der Waals surface area contributed by atoms with Crippen LogP contribution < -0.4 is 15.4 Å². The monoisotopic (exact) mass is 819 g/mol. The molecule has 59 heavy (non-hydrogen) atoms. The van der Waals surface area contributed by atoms with Gasteiger partial charge in [0.2, 0.25) is 18.0 Å². The number of H-pyrrole nitrogens is 2. The number of nitrogens with zero attached hydrogens (tertiary/aromatic N) is 5. The molecule has 1 aliphatic carbocycles. The highest BCUT2D eigenvalue weighted by atomic mass is 32.1. The van der Waals surface area contributed by atoms with Gasteiger partial charge in [0.25, 0.3) is 0 Å². The molecule has 2 aromatic carbocycles. The highest BCUT2D eigenvalue weighted by Gasteiger charge is 2.34. The van der Waals surface area contributed by atoms with E-state index in [4.69, 9.17) is 9.72 Å². The van der Waals surface area contributed by atoms with E-state index >= 15 is 4.39 Å². The molecule has 0 bridgehead atoms. The minimum atomic E-state index is -0.688. The van der Waals surface area contributed by atoms with Gasteiger partial charge in [-0.3, -0.25) is 14.2 Å².